The molecule has 0 aliphatic carbocycles. The number of carbonyl (C=O) groups excluding carboxylic acids is 2. The maximum atomic E-state index is 13.6. The van der Waals surface area contributed by atoms with E-state index in [0.717, 1.165) is 0 Å². The highest BCUT2D eigenvalue weighted by Gasteiger charge is 2.35. The van der Waals surface area contributed by atoms with Crippen molar-refractivity contribution in [3.05, 3.63) is 54.7 Å². The summed E-state index contributed by atoms with van der Waals surface area (Å²) in [4.78, 5) is 42.3. The van der Waals surface area contributed by atoms with Gasteiger partial charge in [0.25, 0.3) is 5.91 Å². The van der Waals surface area contributed by atoms with Crippen LogP contribution in [0.5, 0.6) is 17.4 Å². The van der Waals surface area contributed by atoms with Crippen molar-refractivity contribution in [2.45, 2.75) is 26.0 Å². The van der Waals surface area contributed by atoms with E-state index in [1.807, 2.05) is 6.92 Å². The molecule has 2 aliphatic rings. The molecule has 12 nitrogen and oxygen atoms in total. The number of aliphatic hydroxyl groups is 1. The molecule has 0 unspecified atom stereocenters. The van der Waals surface area contributed by atoms with Gasteiger partial charge in [-0.1, -0.05) is 6.92 Å². The lowest BCUT2D eigenvalue weighted by atomic mass is 9.99. The van der Waals surface area contributed by atoms with Gasteiger partial charge in [-0.3, -0.25) is 4.79 Å². The van der Waals surface area contributed by atoms with E-state index < -0.39 is 12.1 Å². The number of fused-ring (bicyclic) bond motifs is 2. The van der Waals surface area contributed by atoms with E-state index in [0.29, 0.717) is 34.9 Å². The number of rotatable bonds is 6. The molecule has 39 heavy (non-hydrogen) atoms. The van der Waals surface area contributed by atoms with Gasteiger partial charge in [-0.25, -0.2) is 19.7 Å². The molecule has 204 valence electrons. The number of likely N-dealkylation sites (N-methyl/N-ethyl adjacent to an activating group) is 1. The topological polar surface area (TPSA) is 139 Å². The standard InChI is InChI=1S/C27H30N6O6/c1-16-11-33(17(2)13-34)26(35)21-6-18(19-8-28-14-29-9-19)10-30-25(21)39-24(16)12-32(3)27(36)31-20-4-5-22-23(7-20)38-15-37-22/h4-10,14,16-17,24,34H,11-13,15H2,1-3H3,(H,31,36)/t16-,17+,24-/m1/s1. The highest BCUT2D eigenvalue weighted by Crippen LogP contribution is 2.34. The van der Waals surface area contributed by atoms with Crippen LogP contribution in [0.4, 0.5) is 10.5 Å². The second-order valence-corrected chi connectivity index (χ2v) is 9.71. The maximum Gasteiger partial charge on any atom is 0.321 e. The Morgan fingerprint density at radius 1 is 1.18 bits per heavy atom. The quantitative estimate of drug-likeness (QED) is 0.489. The second-order valence-electron chi connectivity index (χ2n) is 9.71. The molecule has 5 rings (SSSR count). The SMILES string of the molecule is C[C@@H]1CN([C@@H](C)CO)C(=O)c2cc(-c3cncnc3)cnc2O[C@@H]1CN(C)C(=O)Nc1ccc2c(c1)OCO2. The number of hydrogen-bond donors (Lipinski definition) is 2. The number of anilines is 1. The van der Waals surface area contributed by atoms with Gasteiger partial charge >= 0.3 is 6.03 Å². The Morgan fingerprint density at radius 2 is 1.95 bits per heavy atom. The van der Waals surface area contributed by atoms with E-state index in [1.165, 1.54) is 11.2 Å². The van der Waals surface area contributed by atoms with Gasteiger partial charge in [0.15, 0.2) is 11.5 Å². The van der Waals surface area contributed by atoms with Crippen molar-refractivity contribution < 1.29 is 28.9 Å². The number of aromatic nitrogens is 3. The molecule has 3 atom stereocenters. The first-order chi connectivity index (χ1) is 18.8. The van der Waals surface area contributed by atoms with Crippen LogP contribution in [0.1, 0.15) is 24.2 Å². The monoisotopic (exact) mass is 534 g/mol. The summed E-state index contributed by atoms with van der Waals surface area (Å²) >= 11 is 0. The normalized spacial score (nSPS) is 18.9. The van der Waals surface area contributed by atoms with E-state index in [1.54, 1.807) is 61.7 Å². The minimum Gasteiger partial charge on any atom is -0.472 e. The Balaban J connectivity index is 1.38. The van der Waals surface area contributed by atoms with Gasteiger partial charge in [-0.2, -0.15) is 0 Å². The molecule has 0 bridgehead atoms. The fraction of sp³-hybridized carbons (Fsp3) is 0.370. The smallest absolute Gasteiger partial charge is 0.321 e. The highest BCUT2D eigenvalue weighted by molar-refractivity contribution is 5.98. The molecule has 4 heterocycles. The van der Waals surface area contributed by atoms with Gasteiger partial charge in [0.05, 0.1) is 19.2 Å². The summed E-state index contributed by atoms with van der Waals surface area (Å²) in [6, 6.07) is 6.12. The molecule has 0 saturated heterocycles. The average Bonchev–Trinajstić information content (AvgIpc) is 3.42. The number of ether oxygens (including phenoxy) is 3. The van der Waals surface area contributed by atoms with Crippen molar-refractivity contribution >= 4 is 17.6 Å². The zero-order chi connectivity index (χ0) is 27.5. The summed E-state index contributed by atoms with van der Waals surface area (Å²) in [7, 11) is 1.67. The fourth-order valence-electron chi connectivity index (χ4n) is 4.47. The maximum absolute atomic E-state index is 13.6. The number of nitrogens with zero attached hydrogens (tertiary/aromatic N) is 5. The third kappa shape index (κ3) is 5.55. The summed E-state index contributed by atoms with van der Waals surface area (Å²) in [5, 5.41) is 12.7. The second kappa shape index (κ2) is 11.1. The number of pyridine rings is 1. The molecule has 1 aromatic carbocycles. The lowest BCUT2D eigenvalue weighted by Crippen LogP contribution is -2.50. The minimum atomic E-state index is -0.490. The zero-order valence-electron chi connectivity index (χ0n) is 21.9. The zero-order valence-corrected chi connectivity index (χ0v) is 21.9. The molecule has 3 amide bonds. The summed E-state index contributed by atoms with van der Waals surface area (Å²) in [6.45, 7) is 4.22. The van der Waals surface area contributed by atoms with Crippen LogP contribution in [-0.2, 0) is 0 Å². The molecule has 0 saturated carbocycles. The number of nitrogens with one attached hydrogen (secondary N) is 1. The van der Waals surface area contributed by atoms with Crippen molar-refractivity contribution in [2.75, 3.05) is 38.9 Å². The van der Waals surface area contributed by atoms with Gasteiger partial charge in [0, 0.05) is 61.0 Å². The van der Waals surface area contributed by atoms with Crippen molar-refractivity contribution in [2.24, 2.45) is 5.92 Å². The van der Waals surface area contributed by atoms with Gasteiger partial charge in [-0.05, 0) is 25.1 Å². The largest absolute Gasteiger partial charge is 0.472 e. The van der Waals surface area contributed by atoms with Crippen molar-refractivity contribution in [1.29, 1.82) is 0 Å². The molecule has 12 heteroatoms. The van der Waals surface area contributed by atoms with Crippen LogP contribution in [0.25, 0.3) is 11.1 Å². The lowest BCUT2D eigenvalue weighted by molar-refractivity contribution is 0.0356. The van der Waals surface area contributed by atoms with Crippen molar-refractivity contribution in [1.82, 2.24) is 24.8 Å². The predicted octanol–water partition coefficient (Wildman–Crippen LogP) is 2.65. The summed E-state index contributed by atoms with van der Waals surface area (Å²) < 4.78 is 17.0. The Morgan fingerprint density at radius 3 is 2.72 bits per heavy atom. The minimum absolute atomic E-state index is 0.147. The van der Waals surface area contributed by atoms with Crippen LogP contribution in [0.3, 0.4) is 0 Å². The van der Waals surface area contributed by atoms with Crippen LogP contribution < -0.4 is 19.5 Å². The van der Waals surface area contributed by atoms with Gasteiger partial charge in [0.1, 0.15) is 18.0 Å². The van der Waals surface area contributed by atoms with Crippen LogP contribution in [0, 0.1) is 5.92 Å². The van der Waals surface area contributed by atoms with Gasteiger partial charge in [-0.15, -0.1) is 0 Å². The van der Waals surface area contributed by atoms with Crippen LogP contribution in [-0.4, -0.2) is 87.5 Å². The average molecular weight is 535 g/mol. The van der Waals surface area contributed by atoms with E-state index in [4.69, 9.17) is 14.2 Å². The van der Waals surface area contributed by atoms with Crippen molar-refractivity contribution in [3.8, 4) is 28.5 Å². The summed E-state index contributed by atoms with van der Waals surface area (Å²) in [6.07, 6.45) is 5.81. The molecule has 3 aromatic rings. The van der Waals surface area contributed by atoms with Crippen LogP contribution in [0.15, 0.2) is 49.2 Å². The van der Waals surface area contributed by atoms with Crippen LogP contribution in [0.2, 0.25) is 0 Å². The Bertz CT molecular complexity index is 1360. The number of carbonyl (C=O) groups is 2. The first-order valence-corrected chi connectivity index (χ1v) is 12.6. The summed E-state index contributed by atoms with van der Waals surface area (Å²) in [5.74, 6) is 0.887. The third-order valence-corrected chi connectivity index (χ3v) is 6.84. The molecule has 2 N–H and O–H groups in total. The molecular formula is C27H30N6O6. The van der Waals surface area contributed by atoms with E-state index in [9.17, 15) is 14.7 Å². The van der Waals surface area contributed by atoms with Gasteiger partial charge in [0.2, 0.25) is 12.7 Å². The predicted molar refractivity (Wildman–Crippen MR) is 141 cm³/mol. The molecule has 2 aromatic heterocycles. The van der Waals surface area contributed by atoms with E-state index in [-0.39, 0.29) is 49.2 Å². The number of benzene rings is 1. The summed E-state index contributed by atoms with van der Waals surface area (Å²) in [5.41, 5.74) is 2.20. The Kier molecular flexibility index (Phi) is 7.46. The highest BCUT2D eigenvalue weighted by atomic mass is 16.7. The fourth-order valence-corrected chi connectivity index (χ4v) is 4.47. The van der Waals surface area contributed by atoms with E-state index in [2.05, 4.69) is 20.3 Å². The van der Waals surface area contributed by atoms with E-state index >= 15 is 0 Å². The van der Waals surface area contributed by atoms with Crippen molar-refractivity contribution in [3.63, 3.8) is 0 Å². The lowest BCUT2D eigenvalue weighted by Gasteiger charge is -2.37. The number of amides is 3. The number of hydrogen-bond acceptors (Lipinski definition) is 9. The Hall–Kier alpha value is -4.45. The first kappa shape index (κ1) is 26.2. The number of aliphatic hydroxyl groups excluding tert-OH is 1. The van der Waals surface area contributed by atoms with Crippen LogP contribution >= 0.6 is 0 Å². The third-order valence-electron chi connectivity index (χ3n) is 6.84. The Labute approximate surface area is 225 Å². The molecule has 0 spiro atoms. The van der Waals surface area contributed by atoms with Gasteiger partial charge < -0.3 is 34.4 Å². The molecule has 0 radical (unpaired) electrons. The molecule has 0 fully saturated rings. The first-order valence-electron chi connectivity index (χ1n) is 12.6. The number of urea groups is 1. The molecule has 2 aliphatic heterocycles. The molecular weight excluding hydrogens is 504 g/mol.